The summed E-state index contributed by atoms with van der Waals surface area (Å²) < 4.78 is 0.873. The maximum absolute atomic E-state index is 12.4. The number of aryl methyl sites for hydroxylation is 1. The molecule has 0 saturated carbocycles. The first-order valence-corrected chi connectivity index (χ1v) is 7.71. The van der Waals surface area contributed by atoms with Gasteiger partial charge < -0.3 is 15.3 Å². The maximum atomic E-state index is 12.4. The number of piperidine rings is 1. The minimum Gasteiger partial charge on any atom is -0.480 e. The topological polar surface area (TPSA) is 69.6 Å². The van der Waals surface area contributed by atoms with Crippen LogP contribution in [0.4, 0.5) is 10.5 Å². The van der Waals surface area contributed by atoms with E-state index in [1.54, 1.807) is 13.0 Å². The van der Waals surface area contributed by atoms with E-state index in [0.29, 0.717) is 18.7 Å². The molecule has 0 aromatic heterocycles. The second-order valence-electron chi connectivity index (χ2n) is 5.64. The molecule has 1 aromatic rings. The number of carboxylic acid groups (broad SMARTS) is 1. The average molecular weight is 355 g/mol. The predicted molar refractivity (Wildman–Crippen MR) is 84.5 cm³/mol. The number of rotatable bonds is 2. The SMILES string of the molecule is Cc1cc(Br)cc(NC(=O)N2CCCCC2(C)C(=O)O)c1. The quantitative estimate of drug-likeness (QED) is 0.851. The number of benzene rings is 1. The van der Waals surface area contributed by atoms with Crippen LogP contribution in [-0.4, -0.2) is 34.1 Å². The van der Waals surface area contributed by atoms with E-state index >= 15 is 0 Å². The Bertz CT molecular complexity index is 556. The van der Waals surface area contributed by atoms with Crippen LogP contribution in [-0.2, 0) is 4.79 Å². The van der Waals surface area contributed by atoms with Gasteiger partial charge in [-0.25, -0.2) is 9.59 Å². The molecule has 1 atom stereocenters. The fourth-order valence-electron chi connectivity index (χ4n) is 2.67. The summed E-state index contributed by atoms with van der Waals surface area (Å²) in [5, 5.41) is 12.2. The van der Waals surface area contributed by atoms with Crippen molar-refractivity contribution in [2.24, 2.45) is 0 Å². The van der Waals surface area contributed by atoms with E-state index in [0.717, 1.165) is 22.9 Å². The number of nitrogens with one attached hydrogen (secondary N) is 1. The summed E-state index contributed by atoms with van der Waals surface area (Å²) >= 11 is 3.39. The zero-order valence-electron chi connectivity index (χ0n) is 12.1. The second-order valence-corrected chi connectivity index (χ2v) is 6.55. The number of amides is 2. The molecule has 5 nitrogen and oxygen atoms in total. The van der Waals surface area contributed by atoms with Crippen molar-refractivity contribution in [1.29, 1.82) is 0 Å². The third kappa shape index (κ3) is 3.37. The van der Waals surface area contributed by atoms with Crippen molar-refractivity contribution in [3.8, 4) is 0 Å². The Morgan fingerprint density at radius 3 is 2.67 bits per heavy atom. The van der Waals surface area contributed by atoms with Gasteiger partial charge >= 0.3 is 12.0 Å². The van der Waals surface area contributed by atoms with Gasteiger partial charge in [-0.15, -0.1) is 0 Å². The highest BCUT2D eigenvalue weighted by molar-refractivity contribution is 9.10. The molecule has 1 heterocycles. The second kappa shape index (κ2) is 6.05. The lowest BCUT2D eigenvalue weighted by atomic mass is 9.89. The molecule has 2 N–H and O–H groups in total. The number of hydrogen-bond acceptors (Lipinski definition) is 2. The number of hydrogen-bond donors (Lipinski definition) is 2. The molecule has 1 aliphatic rings. The van der Waals surface area contributed by atoms with Gasteiger partial charge in [0.05, 0.1) is 0 Å². The maximum Gasteiger partial charge on any atom is 0.329 e. The van der Waals surface area contributed by atoms with E-state index < -0.39 is 11.5 Å². The molecule has 0 bridgehead atoms. The molecule has 1 aliphatic heterocycles. The highest BCUT2D eigenvalue weighted by atomic mass is 79.9. The fraction of sp³-hybridized carbons (Fsp3) is 0.467. The summed E-state index contributed by atoms with van der Waals surface area (Å²) in [7, 11) is 0. The summed E-state index contributed by atoms with van der Waals surface area (Å²) in [4.78, 5) is 25.4. The molecular weight excluding hydrogens is 336 g/mol. The van der Waals surface area contributed by atoms with Crippen molar-refractivity contribution >= 4 is 33.6 Å². The number of nitrogens with zero attached hydrogens (tertiary/aromatic N) is 1. The first kappa shape index (κ1) is 15.8. The number of carbonyl (C=O) groups is 2. The third-order valence-electron chi connectivity index (χ3n) is 3.89. The van der Waals surface area contributed by atoms with Crippen molar-refractivity contribution in [2.45, 2.75) is 38.6 Å². The van der Waals surface area contributed by atoms with Gasteiger partial charge in [-0.2, -0.15) is 0 Å². The Hall–Kier alpha value is -1.56. The van der Waals surface area contributed by atoms with Crippen molar-refractivity contribution in [3.05, 3.63) is 28.2 Å². The van der Waals surface area contributed by atoms with Gasteiger partial charge in [0.15, 0.2) is 0 Å². The van der Waals surface area contributed by atoms with Crippen LogP contribution >= 0.6 is 15.9 Å². The van der Waals surface area contributed by atoms with E-state index in [9.17, 15) is 14.7 Å². The van der Waals surface area contributed by atoms with Crippen LogP contribution < -0.4 is 5.32 Å². The normalized spacial score (nSPS) is 22.0. The number of urea groups is 1. The molecule has 1 fully saturated rings. The van der Waals surface area contributed by atoms with Gasteiger partial charge in [0.25, 0.3) is 0 Å². The monoisotopic (exact) mass is 354 g/mol. The molecule has 1 saturated heterocycles. The lowest BCUT2D eigenvalue weighted by Gasteiger charge is -2.41. The van der Waals surface area contributed by atoms with Gasteiger partial charge in [-0.05, 0) is 56.9 Å². The molecule has 2 rings (SSSR count). The van der Waals surface area contributed by atoms with Gasteiger partial charge in [-0.1, -0.05) is 15.9 Å². The first-order valence-electron chi connectivity index (χ1n) is 6.92. The Labute approximate surface area is 132 Å². The summed E-state index contributed by atoms with van der Waals surface area (Å²) in [6.45, 7) is 4.00. The van der Waals surface area contributed by atoms with Gasteiger partial charge in [-0.3, -0.25) is 0 Å². The number of carboxylic acids is 1. The standard InChI is InChI=1S/C15H19BrN2O3/c1-10-7-11(16)9-12(8-10)17-14(21)18-6-4-3-5-15(18,2)13(19)20/h7-9H,3-6H2,1-2H3,(H,17,21)(H,19,20). The summed E-state index contributed by atoms with van der Waals surface area (Å²) in [5.41, 5.74) is 0.535. The molecular formula is C15H19BrN2O3. The summed E-state index contributed by atoms with van der Waals surface area (Å²) in [6.07, 6.45) is 2.13. The Morgan fingerprint density at radius 1 is 1.33 bits per heavy atom. The first-order chi connectivity index (χ1) is 9.83. The number of carbonyl (C=O) groups excluding carboxylic acids is 1. The Kier molecular flexibility index (Phi) is 4.56. The molecule has 6 heteroatoms. The van der Waals surface area contributed by atoms with Crippen LogP contribution in [0, 0.1) is 6.92 Å². The number of halogens is 1. The fourth-order valence-corrected chi connectivity index (χ4v) is 3.28. The Balaban J connectivity index is 2.20. The van der Waals surface area contributed by atoms with Crippen LogP contribution in [0.15, 0.2) is 22.7 Å². The highest BCUT2D eigenvalue weighted by Crippen LogP contribution is 2.29. The van der Waals surface area contributed by atoms with E-state index in [4.69, 9.17) is 0 Å². The molecule has 1 unspecified atom stereocenters. The number of anilines is 1. The number of likely N-dealkylation sites (tertiary alicyclic amines) is 1. The smallest absolute Gasteiger partial charge is 0.329 e. The molecule has 114 valence electrons. The molecule has 1 aromatic carbocycles. The lowest BCUT2D eigenvalue weighted by molar-refractivity contribution is -0.150. The average Bonchev–Trinajstić information content (AvgIpc) is 2.37. The van der Waals surface area contributed by atoms with Gasteiger partial charge in [0, 0.05) is 16.7 Å². The molecule has 0 aliphatic carbocycles. The van der Waals surface area contributed by atoms with Crippen LogP contribution in [0.3, 0.4) is 0 Å². The zero-order chi connectivity index (χ0) is 15.6. The van der Waals surface area contributed by atoms with E-state index in [2.05, 4.69) is 21.2 Å². The van der Waals surface area contributed by atoms with Crippen molar-refractivity contribution in [2.75, 3.05) is 11.9 Å². The van der Waals surface area contributed by atoms with Crippen LogP contribution in [0.25, 0.3) is 0 Å². The molecule has 2 amide bonds. The molecule has 0 spiro atoms. The summed E-state index contributed by atoms with van der Waals surface area (Å²) in [5.74, 6) is -0.956. The predicted octanol–water partition coefficient (Wildman–Crippen LogP) is 3.62. The van der Waals surface area contributed by atoms with E-state index in [1.165, 1.54) is 4.90 Å². The highest BCUT2D eigenvalue weighted by Gasteiger charge is 2.43. The van der Waals surface area contributed by atoms with Crippen LogP contribution in [0.2, 0.25) is 0 Å². The summed E-state index contributed by atoms with van der Waals surface area (Å²) in [6, 6.07) is 5.23. The van der Waals surface area contributed by atoms with Crippen LogP contribution in [0.1, 0.15) is 31.7 Å². The minimum absolute atomic E-state index is 0.364. The zero-order valence-corrected chi connectivity index (χ0v) is 13.7. The molecule has 0 radical (unpaired) electrons. The van der Waals surface area contributed by atoms with Gasteiger partial charge in [0.1, 0.15) is 5.54 Å². The Morgan fingerprint density at radius 2 is 2.05 bits per heavy atom. The number of aliphatic carboxylic acids is 1. The van der Waals surface area contributed by atoms with Crippen molar-refractivity contribution in [3.63, 3.8) is 0 Å². The largest absolute Gasteiger partial charge is 0.480 e. The lowest BCUT2D eigenvalue weighted by Crippen LogP contribution is -2.58. The van der Waals surface area contributed by atoms with E-state index in [1.807, 2.05) is 19.1 Å². The minimum atomic E-state index is -1.14. The van der Waals surface area contributed by atoms with Crippen LogP contribution in [0.5, 0.6) is 0 Å². The molecule has 21 heavy (non-hydrogen) atoms. The van der Waals surface area contributed by atoms with E-state index in [-0.39, 0.29) is 6.03 Å². The van der Waals surface area contributed by atoms with Gasteiger partial charge in [0.2, 0.25) is 0 Å². The van der Waals surface area contributed by atoms with Crippen molar-refractivity contribution < 1.29 is 14.7 Å². The van der Waals surface area contributed by atoms with Crippen molar-refractivity contribution in [1.82, 2.24) is 4.90 Å². The third-order valence-corrected chi connectivity index (χ3v) is 4.35.